The molecule has 5 atom stereocenters. The first-order chi connectivity index (χ1) is 10.8. The van der Waals surface area contributed by atoms with Gasteiger partial charge in [0, 0.05) is 0 Å². The third kappa shape index (κ3) is 4.13. The second-order valence-corrected chi connectivity index (χ2v) is 6.31. The van der Waals surface area contributed by atoms with Gasteiger partial charge in [-0.2, -0.15) is 13.2 Å². The number of rotatable bonds is 4. The van der Waals surface area contributed by atoms with Crippen LogP contribution in [-0.4, -0.2) is 61.6 Å². The number of ether oxygens (including phenoxy) is 1. The molecule has 1 aliphatic heterocycles. The zero-order valence-corrected chi connectivity index (χ0v) is 13.0. The van der Waals surface area contributed by atoms with Gasteiger partial charge in [0.2, 0.25) is 0 Å². The normalized spacial score (nSPS) is 32.0. The van der Waals surface area contributed by atoms with Crippen molar-refractivity contribution in [2.45, 2.75) is 54.2 Å². The van der Waals surface area contributed by atoms with Gasteiger partial charge in [-0.3, -0.25) is 4.98 Å². The minimum atomic E-state index is -4.61. The first-order valence-electron chi connectivity index (χ1n) is 6.96. The maximum absolute atomic E-state index is 12.7. The molecule has 0 amide bonds. The molecule has 0 bridgehead atoms. The predicted molar refractivity (Wildman–Crippen MR) is 74.7 cm³/mol. The molecule has 0 radical (unpaired) electrons. The summed E-state index contributed by atoms with van der Waals surface area (Å²) in [6, 6.07) is 0. The first kappa shape index (κ1) is 18.4. The average molecular weight is 354 g/mol. The quantitative estimate of drug-likeness (QED) is 0.738. The van der Waals surface area contributed by atoms with E-state index in [1.54, 1.807) is 6.92 Å². The topological polar surface area (TPSA) is 95.7 Å². The number of aliphatic hydroxyl groups is 3. The zero-order valence-electron chi connectivity index (χ0n) is 12.1. The van der Waals surface area contributed by atoms with Gasteiger partial charge in [0.1, 0.15) is 17.2 Å². The molecule has 6 nitrogen and oxygen atoms in total. The van der Waals surface area contributed by atoms with Crippen LogP contribution in [0.3, 0.4) is 0 Å². The molecule has 0 aliphatic carbocycles. The van der Waals surface area contributed by atoms with E-state index in [2.05, 4.69) is 9.97 Å². The van der Waals surface area contributed by atoms with Gasteiger partial charge in [0.05, 0.1) is 36.5 Å². The van der Waals surface area contributed by atoms with Crippen LogP contribution >= 0.6 is 11.8 Å². The van der Waals surface area contributed by atoms with E-state index in [9.17, 15) is 23.4 Å². The van der Waals surface area contributed by atoms with Crippen LogP contribution in [0.1, 0.15) is 19.0 Å². The number of halogens is 3. The van der Waals surface area contributed by atoms with E-state index in [4.69, 9.17) is 9.84 Å². The van der Waals surface area contributed by atoms with Crippen molar-refractivity contribution in [3.8, 4) is 0 Å². The van der Waals surface area contributed by atoms with Gasteiger partial charge in [0.15, 0.2) is 5.69 Å². The van der Waals surface area contributed by atoms with Crippen molar-refractivity contribution in [3.63, 3.8) is 0 Å². The van der Waals surface area contributed by atoms with Gasteiger partial charge >= 0.3 is 6.18 Å². The van der Waals surface area contributed by atoms with Crippen molar-refractivity contribution >= 4 is 11.8 Å². The Morgan fingerprint density at radius 3 is 2.48 bits per heavy atom. The minimum Gasteiger partial charge on any atom is -0.394 e. The molecule has 1 aliphatic rings. The van der Waals surface area contributed by atoms with E-state index >= 15 is 0 Å². The lowest BCUT2D eigenvalue weighted by atomic mass is 9.96. The van der Waals surface area contributed by atoms with Crippen LogP contribution in [0.5, 0.6) is 0 Å². The largest absolute Gasteiger partial charge is 0.434 e. The fraction of sp³-hybridized carbons (Fsp3) is 0.692. The van der Waals surface area contributed by atoms with E-state index in [0.29, 0.717) is 12.6 Å². The monoisotopic (exact) mass is 354 g/mol. The molecule has 2 heterocycles. The lowest BCUT2D eigenvalue weighted by Crippen LogP contribution is -2.57. The van der Waals surface area contributed by atoms with E-state index in [0.717, 1.165) is 18.0 Å². The highest BCUT2D eigenvalue weighted by Crippen LogP contribution is 2.36. The van der Waals surface area contributed by atoms with Crippen molar-refractivity contribution in [1.82, 2.24) is 9.97 Å². The predicted octanol–water partition coefficient (Wildman–Crippen LogP) is 0.848. The van der Waals surface area contributed by atoms with Crippen molar-refractivity contribution < 1.29 is 33.2 Å². The van der Waals surface area contributed by atoms with Gasteiger partial charge < -0.3 is 20.1 Å². The Kier molecular flexibility index (Phi) is 5.84. The van der Waals surface area contributed by atoms with Gasteiger partial charge in [-0.15, -0.1) is 0 Å². The van der Waals surface area contributed by atoms with Crippen molar-refractivity contribution in [2.24, 2.45) is 0 Å². The molecule has 2 rings (SSSR count). The van der Waals surface area contributed by atoms with Gasteiger partial charge in [-0.05, 0) is 6.42 Å². The maximum Gasteiger partial charge on any atom is 0.434 e. The Bertz CT molecular complexity index is 532. The number of aliphatic hydroxyl groups excluding tert-OH is 3. The summed E-state index contributed by atoms with van der Waals surface area (Å²) in [5.41, 5.74) is -1.13. The second kappa shape index (κ2) is 7.31. The molecule has 130 valence electrons. The molecular formula is C13H17F3N2O4S. The third-order valence-corrected chi connectivity index (χ3v) is 4.82. The molecule has 1 aromatic heterocycles. The highest BCUT2D eigenvalue weighted by atomic mass is 32.2. The molecule has 23 heavy (non-hydrogen) atoms. The minimum absolute atomic E-state index is 0.0272. The molecule has 0 aromatic carbocycles. The van der Waals surface area contributed by atoms with Crippen LogP contribution in [0.4, 0.5) is 13.2 Å². The highest BCUT2D eigenvalue weighted by Gasteiger charge is 2.44. The summed E-state index contributed by atoms with van der Waals surface area (Å²) in [6.45, 7) is 1.31. The van der Waals surface area contributed by atoms with Crippen molar-refractivity contribution in [1.29, 1.82) is 0 Å². The number of nitrogens with zero attached hydrogens (tertiary/aromatic N) is 2. The smallest absolute Gasteiger partial charge is 0.394 e. The molecule has 10 heteroatoms. The van der Waals surface area contributed by atoms with Crippen LogP contribution in [-0.2, 0) is 10.9 Å². The maximum atomic E-state index is 12.7. The molecular weight excluding hydrogens is 337 g/mol. The standard InChI is InChI=1S/C13H17F3N2O4S/c1-2-6-12(11(21)10(20)7(5-19)22-6)23-9-4-17-3-8(18-9)13(14,15)16/h3-4,6-7,10-12,19-21H,2,5H2,1H3/t6?,7-,10+,11+,12+/m1/s1. The molecule has 0 saturated carbocycles. The number of alkyl halides is 3. The van der Waals surface area contributed by atoms with Crippen molar-refractivity contribution in [3.05, 3.63) is 18.1 Å². The Morgan fingerprint density at radius 2 is 1.91 bits per heavy atom. The summed E-state index contributed by atoms with van der Waals surface area (Å²) >= 11 is 0.862. The SMILES string of the molecule is CCC1O[C@H](CO)[C@H](O)[C@H](O)[C@H]1Sc1cncc(C(F)(F)F)n1. The van der Waals surface area contributed by atoms with E-state index in [-0.39, 0.29) is 5.03 Å². The van der Waals surface area contributed by atoms with Gasteiger partial charge in [-0.1, -0.05) is 18.7 Å². The summed E-state index contributed by atoms with van der Waals surface area (Å²) in [4.78, 5) is 7.00. The summed E-state index contributed by atoms with van der Waals surface area (Å²) in [5, 5.41) is 28.5. The van der Waals surface area contributed by atoms with Crippen LogP contribution in [0.25, 0.3) is 0 Å². The molecule has 1 saturated heterocycles. The fourth-order valence-electron chi connectivity index (χ4n) is 2.32. The lowest BCUT2D eigenvalue weighted by molar-refractivity contribution is -0.175. The first-order valence-corrected chi connectivity index (χ1v) is 7.84. The van der Waals surface area contributed by atoms with Crippen LogP contribution in [0, 0.1) is 0 Å². The van der Waals surface area contributed by atoms with Crippen LogP contribution in [0.2, 0.25) is 0 Å². The number of thioether (sulfide) groups is 1. The van der Waals surface area contributed by atoms with Gasteiger partial charge in [0.25, 0.3) is 0 Å². The Balaban J connectivity index is 2.20. The summed E-state index contributed by atoms with van der Waals surface area (Å²) in [5.74, 6) is 0. The summed E-state index contributed by atoms with van der Waals surface area (Å²) in [7, 11) is 0. The Labute approximate surface area is 134 Å². The average Bonchev–Trinajstić information content (AvgIpc) is 2.52. The van der Waals surface area contributed by atoms with E-state index in [1.165, 1.54) is 0 Å². The molecule has 3 N–H and O–H groups in total. The van der Waals surface area contributed by atoms with E-state index in [1.807, 2.05) is 0 Å². The van der Waals surface area contributed by atoms with Crippen molar-refractivity contribution in [2.75, 3.05) is 6.61 Å². The van der Waals surface area contributed by atoms with Gasteiger partial charge in [-0.25, -0.2) is 4.98 Å². The zero-order chi connectivity index (χ0) is 17.2. The lowest BCUT2D eigenvalue weighted by Gasteiger charge is -2.41. The Hall–Kier alpha value is -0.940. The number of aromatic nitrogens is 2. The van der Waals surface area contributed by atoms with Crippen LogP contribution < -0.4 is 0 Å². The number of hydrogen-bond donors (Lipinski definition) is 3. The Morgan fingerprint density at radius 1 is 1.22 bits per heavy atom. The second-order valence-electron chi connectivity index (χ2n) is 5.11. The van der Waals surface area contributed by atoms with E-state index < -0.39 is 48.1 Å². The van der Waals surface area contributed by atoms with Crippen LogP contribution in [0.15, 0.2) is 17.4 Å². The third-order valence-electron chi connectivity index (χ3n) is 3.53. The molecule has 1 unspecified atom stereocenters. The highest BCUT2D eigenvalue weighted by molar-refractivity contribution is 8.00. The summed E-state index contributed by atoms with van der Waals surface area (Å²) < 4.78 is 43.5. The number of hydrogen-bond acceptors (Lipinski definition) is 7. The summed E-state index contributed by atoms with van der Waals surface area (Å²) in [6.07, 6.45) is -6.48. The molecule has 0 spiro atoms. The molecule has 1 aromatic rings. The fourth-order valence-corrected chi connectivity index (χ4v) is 3.58. The molecule has 1 fully saturated rings.